The fourth-order valence-electron chi connectivity index (χ4n) is 5.64. The predicted octanol–water partition coefficient (Wildman–Crippen LogP) is 5.86. The molecule has 1 aliphatic rings. The first kappa shape index (κ1) is 26.9. The van der Waals surface area contributed by atoms with Crippen LogP contribution < -0.4 is 4.74 Å². The van der Waals surface area contributed by atoms with E-state index < -0.39 is 0 Å². The highest BCUT2D eigenvalue weighted by molar-refractivity contribution is 5.81. The fourth-order valence-corrected chi connectivity index (χ4v) is 5.64. The number of hydrogen-bond donors (Lipinski definition) is 0. The molecule has 7 heteroatoms. The maximum absolute atomic E-state index is 13.2. The molecule has 3 heterocycles. The smallest absolute Gasteiger partial charge is 0.227 e. The van der Waals surface area contributed by atoms with Gasteiger partial charge in [0.2, 0.25) is 5.91 Å². The maximum atomic E-state index is 13.2. The summed E-state index contributed by atoms with van der Waals surface area (Å²) >= 11 is 0. The molecule has 0 bridgehead atoms. The number of fused-ring (bicyclic) bond motifs is 1. The molecule has 0 radical (unpaired) electrons. The Hall–Kier alpha value is -3.71. The van der Waals surface area contributed by atoms with Gasteiger partial charge < -0.3 is 14.2 Å². The molecule has 0 spiro atoms. The molecule has 1 atom stereocenters. The summed E-state index contributed by atoms with van der Waals surface area (Å²) in [6.45, 7) is 6.79. The minimum atomic E-state index is 0.153. The molecule has 204 valence electrons. The first-order valence-electron chi connectivity index (χ1n) is 13.9. The highest BCUT2D eigenvalue weighted by atomic mass is 16.5. The van der Waals surface area contributed by atoms with E-state index in [1.807, 2.05) is 37.1 Å². The van der Waals surface area contributed by atoms with E-state index in [-0.39, 0.29) is 11.9 Å². The van der Waals surface area contributed by atoms with Gasteiger partial charge in [0.05, 0.1) is 24.2 Å². The summed E-state index contributed by atoms with van der Waals surface area (Å²) in [4.78, 5) is 22.1. The number of benzene rings is 2. The summed E-state index contributed by atoms with van der Waals surface area (Å²) in [6, 6.07) is 19.0. The molecular weight excluding hydrogens is 488 g/mol. The van der Waals surface area contributed by atoms with E-state index in [2.05, 4.69) is 64.6 Å². The van der Waals surface area contributed by atoms with Crippen molar-refractivity contribution in [3.05, 3.63) is 88.9 Å². The number of aryl methyl sites for hydroxylation is 2. The van der Waals surface area contributed by atoms with Gasteiger partial charge in [-0.15, -0.1) is 0 Å². The van der Waals surface area contributed by atoms with Gasteiger partial charge in [0.1, 0.15) is 11.5 Å². The quantitative estimate of drug-likeness (QED) is 0.258. The van der Waals surface area contributed by atoms with Crippen LogP contribution in [0, 0.1) is 13.8 Å². The molecule has 0 saturated carbocycles. The van der Waals surface area contributed by atoms with Gasteiger partial charge in [-0.1, -0.05) is 41.6 Å². The zero-order chi connectivity index (χ0) is 27.2. The van der Waals surface area contributed by atoms with E-state index in [0.717, 1.165) is 73.6 Å². The van der Waals surface area contributed by atoms with Crippen LogP contribution in [0.5, 0.6) is 5.75 Å². The van der Waals surface area contributed by atoms with Gasteiger partial charge in [0.15, 0.2) is 0 Å². The van der Waals surface area contributed by atoms with Crippen LogP contribution in [-0.2, 0) is 24.3 Å². The summed E-state index contributed by atoms with van der Waals surface area (Å²) in [6.07, 6.45) is 6.25. The Labute approximate surface area is 230 Å². The van der Waals surface area contributed by atoms with E-state index in [4.69, 9.17) is 9.26 Å². The van der Waals surface area contributed by atoms with Crippen LogP contribution in [0.25, 0.3) is 10.9 Å². The molecule has 0 aliphatic carbocycles. The van der Waals surface area contributed by atoms with Crippen molar-refractivity contribution in [3.8, 4) is 5.75 Å². The Morgan fingerprint density at radius 1 is 1.10 bits per heavy atom. The average molecular weight is 527 g/mol. The molecule has 1 fully saturated rings. The van der Waals surface area contributed by atoms with E-state index in [9.17, 15) is 4.79 Å². The summed E-state index contributed by atoms with van der Waals surface area (Å²) in [7, 11) is 2.13. The van der Waals surface area contributed by atoms with E-state index in [1.54, 1.807) is 0 Å². The minimum Gasteiger partial charge on any atom is -0.494 e. The first-order valence-corrected chi connectivity index (χ1v) is 13.9. The predicted molar refractivity (Wildman–Crippen MR) is 153 cm³/mol. The fraction of sp³-hybridized carbons (Fsp3) is 0.406. The molecule has 5 rings (SSSR count). The lowest BCUT2D eigenvalue weighted by Crippen LogP contribution is -2.45. The number of para-hydroxylation sites is 1. The number of rotatable bonds is 10. The third-order valence-corrected chi connectivity index (χ3v) is 7.68. The summed E-state index contributed by atoms with van der Waals surface area (Å²) < 4.78 is 11.4. The molecule has 4 aromatic rings. The zero-order valence-corrected chi connectivity index (χ0v) is 23.2. The number of aromatic nitrogens is 2. The van der Waals surface area contributed by atoms with Crippen LogP contribution in [0.3, 0.4) is 0 Å². The zero-order valence-electron chi connectivity index (χ0n) is 23.2. The lowest BCUT2D eigenvalue weighted by atomic mass is 9.98. The van der Waals surface area contributed by atoms with Crippen molar-refractivity contribution >= 4 is 16.8 Å². The maximum Gasteiger partial charge on any atom is 0.227 e. The Morgan fingerprint density at radius 3 is 2.79 bits per heavy atom. The molecule has 2 aromatic carbocycles. The molecule has 2 aromatic heterocycles. The van der Waals surface area contributed by atoms with Crippen molar-refractivity contribution in [3.63, 3.8) is 0 Å². The second-order valence-corrected chi connectivity index (χ2v) is 10.7. The van der Waals surface area contributed by atoms with Crippen molar-refractivity contribution in [1.29, 1.82) is 0 Å². The summed E-state index contributed by atoms with van der Waals surface area (Å²) in [5.74, 6) is 1.76. The van der Waals surface area contributed by atoms with Gasteiger partial charge in [0, 0.05) is 49.2 Å². The molecule has 1 unspecified atom stereocenters. The largest absolute Gasteiger partial charge is 0.494 e. The Bertz CT molecular complexity index is 1390. The van der Waals surface area contributed by atoms with Gasteiger partial charge in [-0.2, -0.15) is 0 Å². The van der Waals surface area contributed by atoms with Gasteiger partial charge in [-0.25, -0.2) is 0 Å². The standard InChI is InChI=1S/C32H38N4O3/c1-23-30(24(2)39-34-23)20-31(37)36-17-5-4-13-28(36)15-18-38-29-14-6-9-25(19-29)21-35(3)22-27-11-7-10-26-12-8-16-33-32(26)27/h6-12,14,16,19,28H,4-5,13,15,17-18,20-22H2,1-3H3. The molecular formula is C32H38N4O3. The monoisotopic (exact) mass is 526 g/mol. The molecule has 1 amide bonds. The van der Waals surface area contributed by atoms with Crippen molar-refractivity contribution in [2.45, 2.75) is 65.1 Å². The van der Waals surface area contributed by atoms with Crippen molar-refractivity contribution in [1.82, 2.24) is 19.9 Å². The second kappa shape index (κ2) is 12.4. The molecule has 7 nitrogen and oxygen atoms in total. The SMILES string of the molecule is Cc1noc(C)c1CC(=O)N1CCCCC1CCOc1cccc(CN(C)Cc2cccc3cccnc23)c1. The number of pyridine rings is 1. The van der Waals surface area contributed by atoms with Crippen LogP contribution in [0.15, 0.2) is 65.3 Å². The number of amides is 1. The van der Waals surface area contributed by atoms with Crippen molar-refractivity contribution < 1.29 is 14.1 Å². The van der Waals surface area contributed by atoms with E-state index in [0.29, 0.717) is 13.0 Å². The van der Waals surface area contributed by atoms with Crippen LogP contribution in [0.4, 0.5) is 0 Å². The van der Waals surface area contributed by atoms with Crippen molar-refractivity contribution in [2.75, 3.05) is 20.2 Å². The van der Waals surface area contributed by atoms with Crippen LogP contribution >= 0.6 is 0 Å². The third-order valence-electron chi connectivity index (χ3n) is 7.68. The number of carbonyl (C=O) groups is 1. The van der Waals surface area contributed by atoms with Gasteiger partial charge in [-0.3, -0.25) is 14.7 Å². The number of ether oxygens (including phenoxy) is 1. The third kappa shape index (κ3) is 6.66. The number of carbonyl (C=O) groups excluding carboxylic acids is 1. The van der Waals surface area contributed by atoms with Crippen LogP contribution in [-0.4, -0.2) is 52.1 Å². The van der Waals surface area contributed by atoms with Gasteiger partial charge in [0.25, 0.3) is 0 Å². The Balaban J connectivity index is 1.14. The van der Waals surface area contributed by atoms with E-state index >= 15 is 0 Å². The number of likely N-dealkylation sites (tertiary alicyclic amines) is 1. The number of nitrogens with zero attached hydrogens (tertiary/aromatic N) is 4. The van der Waals surface area contributed by atoms with Gasteiger partial charge >= 0.3 is 0 Å². The average Bonchev–Trinajstić information content (AvgIpc) is 3.26. The number of hydrogen-bond acceptors (Lipinski definition) is 6. The highest BCUT2D eigenvalue weighted by Crippen LogP contribution is 2.24. The minimum absolute atomic E-state index is 0.153. The lowest BCUT2D eigenvalue weighted by Gasteiger charge is -2.36. The molecule has 1 aliphatic heterocycles. The van der Waals surface area contributed by atoms with Crippen LogP contribution in [0.1, 0.15) is 53.8 Å². The summed E-state index contributed by atoms with van der Waals surface area (Å²) in [5.41, 5.74) is 5.21. The second-order valence-electron chi connectivity index (χ2n) is 10.7. The Morgan fingerprint density at radius 2 is 1.95 bits per heavy atom. The molecule has 39 heavy (non-hydrogen) atoms. The van der Waals surface area contributed by atoms with E-state index in [1.165, 1.54) is 16.5 Å². The summed E-state index contributed by atoms with van der Waals surface area (Å²) in [5, 5.41) is 5.17. The highest BCUT2D eigenvalue weighted by Gasteiger charge is 2.28. The molecule has 1 saturated heterocycles. The topological polar surface area (TPSA) is 71.7 Å². The Kier molecular flexibility index (Phi) is 8.57. The first-order chi connectivity index (χ1) is 19.0. The van der Waals surface area contributed by atoms with Gasteiger partial charge in [-0.05, 0) is 69.5 Å². The molecule has 0 N–H and O–H groups in total. The van der Waals surface area contributed by atoms with Crippen LogP contribution in [0.2, 0.25) is 0 Å². The van der Waals surface area contributed by atoms with Crippen molar-refractivity contribution in [2.24, 2.45) is 0 Å². The number of piperidine rings is 1. The lowest BCUT2D eigenvalue weighted by molar-refractivity contribution is -0.134. The normalized spacial score (nSPS) is 15.7.